The Morgan fingerprint density at radius 1 is 1.61 bits per heavy atom. The largest absolute Gasteiger partial charge is 0.383 e. The highest BCUT2D eigenvalue weighted by Gasteiger charge is 2.36. The lowest BCUT2D eigenvalue weighted by atomic mass is 9.99. The van der Waals surface area contributed by atoms with Gasteiger partial charge in [0.25, 0.3) is 0 Å². The Balaban J connectivity index is 2.77. The highest BCUT2D eigenvalue weighted by molar-refractivity contribution is 7.99. The van der Waals surface area contributed by atoms with E-state index in [-0.39, 0.29) is 0 Å². The Bertz CT molecular complexity index is 383. The van der Waals surface area contributed by atoms with Gasteiger partial charge in [0.2, 0.25) is 0 Å². The van der Waals surface area contributed by atoms with Crippen LogP contribution in [-0.4, -0.2) is 17.1 Å². The van der Waals surface area contributed by atoms with Crippen molar-refractivity contribution in [2.75, 3.05) is 6.26 Å². The molecule has 0 bridgehead atoms. The molecule has 0 saturated carbocycles. The molecule has 1 aliphatic rings. The summed E-state index contributed by atoms with van der Waals surface area (Å²) < 4.78 is 0. The van der Waals surface area contributed by atoms with Gasteiger partial charge in [-0.05, 0) is 12.7 Å². The Kier molecular flexibility index (Phi) is 5.54. The van der Waals surface area contributed by atoms with E-state index in [4.69, 9.17) is 11.0 Å². The lowest BCUT2D eigenvalue weighted by Crippen LogP contribution is -2.47. The molecule has 0 aliphatic carbocycles. The van der Waals surface area contributed by atoms with Crippen molar-refractivity contribution in [3.8, 4) is 6.07 Å². The van der Waals surface area contributed by atoms with E-state index < -0.39 is 4.99 Å². The van der Waals surface area contributed by atoms with Crippen LogP contribution < -0.4 is 11.1 Å². The molecule has 3 N–H and O–H groups in total. The molecule has 1 heterocycles. The highest BCUT2D eigenvalue weighted by Crippen LogP contribution is 2.35. The number of nitriles is 1. The van der Waals surface area contributed by atoms with Crippen molar-refractivity contribution in [3.05, 3.63) is 11.8 Å². The van der Waals surface area contributed by atoms with Crippen LogP contribution in [-0.2, 0) is 0 Å². The maximum absolute atomic E-state index is 8.89. The zero-order valence-electron chi connectivity index (χ0n) is 11.4. The van der Waals surface area contributed by atoms with E-state index in [9.17, 15) is 0 Å². The highest BCUT2D eigenvalue weighted by atomic mass is 32.2. The zero-order valence-corrected chi connectivity index (χ0v) is 12.2. The summed E-state index contributed by atoms with van der Waals surface area (Å²) in [6, 6.07) is 2.04. The summed E-state index contributed by atoms with van der Waals surface area (Å²) in [4.78, 5) is 4.10. The third kappa shape index (κ3) is 3.20. The van der Waals surface area contributed by atoms with Crippen molar-refractivity contribution < 1.29 is 0 Å². The smallest absolute Gasteiger partial charge is 0.181 e. The fourth-order valence-electron chi connectivity index (χ4n) is 2.06. The molecule has 5 heteroatoms. The number of thioether (sulfide) groups is 1. The number of nitrogens with two attached hydrogens (primary N) is 1. The molecule has 1 rings (SSSR count). The first-order valence-corrected chi connectivity index (χ1v) is 7.61. The number of hydrogen-bond donors (Lipinski definition) is 2. The van der Waals surface area contributed by atoms with Crippen LogP contribution in [0.4, 0.5) is 0 Å². The molecule has 2 atom stereocenters. The van der Waals surface area contributed by atoms with Gasteiger partial charge >= 0.3 is 0 Å². The number of aliphatic imine (C=N–C) groups is 1. The minimum absolute atomic E-state index is 0.341. The Morgan fingerprint density at radius 3 is 2.83 bits per heavy atom. The molecule has 100 valence electrons. The van der Waals surface area contributed by atoms with Crippen molar-refractivity contribution in [2.24, 2.45) is 16.6 Å². The maximum atomic E-state index is 8.89. The first-order chi connectivity index (χ1) is 8.59. The summed E-state index contributed by atoms with van der Waals surface area (Å²) >= 11 is 1.64. The Morgan fingerprint density at radius 2 is 2.33 bits per heavy atom. The molecule has 0 aromatic rings. The van der Waals surface area contributed by atoms with Crippen molar-refractivity contribution in [2.45, 2.75) is 44.5 Å². The zero-order chi connectivity index (χ0) is 13.6. The molecular formula is C13H22N4S. The van der Waals surface area contributed by atoms with Gasteiger partial charge in [-0.2, -0.15) is 5.26 Å². The van der Waals surface area contributed by atoms with E-state index in [2.05, 4.69) is 24.2 Å². The van der Waals surface area contributed by atoms with Gasteiger partial charge in [0.05, 0.1) is 0 Å². The summed E-state index contributed by atoms with van der Waals surface area (Å²) in [6.45, 7) is 4.38. The van der Waals surface area contributed by atoms with Crippen LogP contribution in [0.5, 0.6) is 0 Å². The third-order valence-electron chi connectivity index (χ3n) is 3.33. The average molecular weight is 266 g/mol. The van der Waals surface area contributed by atoms with Gasteiger partial charge in [-0.1, -0.05) is 33.1 Å². The van der Waals surface area contributed by atoms with Crippen molar-refractivity contribution in [3.63, 3.8) is 0 Å². The second kappa shape index (κ2) is 6.69. The third-order valence-corrected chi connectivity index (χ3v) is 4.56. The summed E-state index contributed by atoms with van der Waals surface area (Å²) in [5.74, 6) is 0.710. The molecule has 18 heavy (non-hydrogen) atoms. The van der Waals surface area contributed by atoms with Crippen molar-refractivity contribution in [1.29, 1.82) is 5.26 Å². The summed E-state index contributed by atoms with van der Waals surface area (Å²) in [7, 11) is 0. The quantitative estimate of drug-likeness (QED) is 0.725. The number of amidine groups is 1. The molecule has 0 radical (unpaired) electrons. The van der Waals surface area contributed by atoms with Crippen LogP contribution in [0, 0.1) is 17.2 Å². The second-order valence-corrected chi connectivity index (χ2v) is 5.64. The fourth-order valence-corrected chi connectivity index (χ4v) is 2.95. The Labute approximate surface area is 114 Å². The summed E-state index contributed by atoms with van der Waals surface area (Å²) in [5.41, 5.74) is 6.26. The number of nitrogens with one attached hydrogen (secondary N) is 1. The van der Waals surface area contributed by atoms with Crippen LogP contribution >= 0.6 is 11.8 Å². The van der Waals surface area contributed by atoms with E-state index in [1.807, 2.05) is 12.3 Å². The van der Waals surface area contributed by atoms with Crippen LogP contribution in [0.2, 0.25) is 0 Å². The van der Waals surface area contributed by atoms with E-state index >= 15 is 0 Å². The van der Waals surface area contributed by atoms with E-state index in [0.717, 1.165) is 6.42 Å². The molecule has 0 aromatic carbocycles. The van der Waals surface area contributed by atoms with Crippen LogP contribution in [0.1, 0.15) is 39.5 Å². The number of hydrogen-bond acceptors (Lipinski definition) is 5. The molecule has 0 amide bonds. The van der Waals surface area contributed by atoms with Crippen LogP contribution in [0.3, 0.4) is 0 Å². The predicted octanol–water partition coefficient (Wildman–Crippen LogP) is 2.59. The predicted molar refractivity (Wildman–Crippen MR) is 78.0 cm³/mol. The van der Waals surface area contributed by atoms with Gasteiger partial charge < -0.3 is 11.1 Å². The van der Waals surface area contributed by atoms with Gasteiger partial charge in [0, 0.05) is 12.1 Å². The molecule has 0 saturated heterocycles. The normalized spacial score (nSPS) is 24.6. The monoisotopic (exact) mass is 266 g/mol. The van der Waals surface area contributed by atoms with E-state index in [1.54, 1.807) is 18.0 Å². The SMILES string of the molecule is CCCCCC(C)C1(SC)N=C(N)C(C#N)=CN1. The minimum Gasteiger partial charge on any atom is -0.383 e. The summed E-state index contributed by atoms with van der Waals surface area (Å²) in [5, 5.41) is 12.1. The number of unbranched alkanes of at least 4 members (excludes halogenated alkanes) is 2. The maximum Gasteiger partial charge on any atom is 0.181 e. The topological polar surface area (TPSA) is 74.2 Å². The fraction of sp³-hybridized carbons (Fsp3) is 0.692. The number of nitrogens with zero attached hydrogens (tertiary/aromatic N) is 2. The first kappa shape index (κ1) is 14.9. The van der Waals surface area contributed by atoms with E-state index in [0.29, 0.717) is 17.3 Å². The number of rotatable bonds is 6. The van der Waals surface area contributed by atoms with Crippen LogP contribution in [0.25, 0.3) is 0 Å². The van der Waals surface area contributed by atoms with Crippen molar-refractivity contribution >= 4 is 17.6 Å². The standard InChI is InChI=1S/C13H22N4S/c1-4-5-6-7-10(2)13(18-3)16-9-11(8-14)12(15)17-13/h9-10,16H,4-7H2,1-3H3,(H2,15,17). The molecule has 4 nitrogen and oxygen atoms in total. The molecule has 2 unspecified atom stereocenters. The first-order valence-electron chi connectivity index (χ1n) is 6.38. The van der Waals surface area contributed by atoms with Crippen LogP contribution in [0.15, 0.2) is 16.8 Å². The minimum atomic E-state index is -0.418. The van der Waals surface area contributed by atoms with Gasteiger partial charge in [-0.25, -0.2) is 4.99 Å². The van der Waals surface area contributed by atoms with Gasteiger partial charge in [0.15, 0.2) is 4.99 Å². The van der Waals surface area contributed by atoms with E-state index in [1.165, 1.54) is 19.3 Å². The summed E-state index contributed by atoms with van der Waals surface area (Å²) in [6.07, 6.45) is 8.48. The average Bonchev–Trinajstić information content (AvgIpc) is 2.38. The molecule has 0 aromatic heterocycles. The lowest BCUT2D eigenvalue weighted by molar-refractivity contribution is 0.347. The molecule has 0 fully saturated rings. The van der Waals surface area contributed by atoms with Gasteiger partial charge in [-0.3, -0.25) is 0 Å². The second-order valence-electron chi connectivity index (χ2n) is 4.61. The lowest BCUT2D eigenvalue weighted by Gasteiger charge is -2.37. The molecule has 0 spiro atoms. The van der Waals surface area contributed by atoms with Crippen molar-refractivity contribution in [1.82, 2.24) is 5.32 Å². The molecular weight excluding hydrogens is 244 g/mol. The van der Waals surface area contributed by atoms with Gasteiger partial charge in [-0.15, -0.1) is 11.8 Å². The van der Waals surface area contributed by atoms with Gasteiger partial charge in [0.1, 0.15) is 17.5 Å². The Hall–Kier alpha value is -1.15. The molecule has 1 aliphatic heterocycles.